The van der Waals surface area contributed by atoms with Gasteiger partial charge in [0, 0.05) is 50.2 Å². The Hall–Kier alpha value is -4.26. The van der Waals surface area contributed by atoms with Gasteiger partial charge in [-0.05, 0) is 55.5 Å². The Morgan fingerprint density at radius 2 is 1.87 bits per heavy atom. The molecule has 1 saturated heterocycles. The number of fused-ring (bicyclic) bond motifs is 2. The number of azo groups is 1. The monoisotopic (exact) mass is 550 g/mol. The minimum absolute atomic E-state index is 0.0179. The molecule has 0 radical (unpaired) electrons. The zero-order valence-corrected chi connectivity index (χ0v) is 21.9. The summed E-state index contributed by atoms with van der Waals surface area (Å²) in [5.74, 6) is -1.49. The molecule has 1 fully saturated rings. The number of hydroxylamine groups is 2. The number of nitro groups is 1. The second-order valence-corrected chi connectivity index (χ2v) is 10.4. The Bertz CT molecular complexity index is 1450. The van der Waals surface area contributed by atoms with Gasteiger partial charge in [-0.3, -0.25) is 19.7 Å². The van der Waals surface area contributed by atoms with E-state index >= 15 is 0 Å². The minimum Gasteiger partial charge on any atom is -0.371 e. The smallest absolute Gasteiger partial charge is 0.333 e. The first-order valence-corrected chi connectivity index (χ1v) is 13.6. The zero-order valence-electron chi connectivity index (χ0n) is 21.1. The van der Waals surface area contributed by atoms with Crippen LogP contribution in [0.15, 0.2) is 46.6 Å². The van der Waals surface area contributed by atoms with Crippen molar-refractivity contribution in [2.75, 3.05) is 18.0 Å². The maximum atomic E-state index is 12.0. The van der Waals surface area contributed by atoms with Crippen molar-refractivity contribution >= 4 is 61.5 Å². The van der Waals surface area contributed by atoms with Gasteiger partial charge < -0.3 is 9.74 Å². The lowest BCUT2D eigenvalue weighted by molar-refractivity contribution is -0.384. The van der Waals surface area contributed by atoms with E-state index in [1.54, 1.807) is 6.07 Å². The number of carbonyl (C=O) groups is 3. The third-order valence-corrected chi connectivity index (χ3v) is 7.51. The number of anilines is 1. The number of aryl methyl sites for hydroxylation is 1. The van der Waals surface area contributed by atoms with Crippen LogP contribution in [0.5, 0.6) is 0 Å². The first-order valence-electron chi connectivity index (χ1n) is 12.8. The van der Waals surface area contributed by atoms with E-state index < -0.39 is 22.7 Å². The number of non-ortho nitro benzene ring substituents is 1. The van der Waals surface area contributed by atoms with Gasteiger partial charge >= 0.3 is 5.97 Å². The lowest BCUT2D eigenvalue weighted by Gasteiger charge is -2.31. The summed E-state index contributed by atoms with van der Waals surface area (Å²) < 4.78 is 0.688. The van der Waals surface area contributed by atoms with Crippen LogP contribution >= 0.6 is 11.3 Å². The summed E-state index contributed by atoms with van der Waals surface area (Å²) in [7, 11) is 0. The number of thiazole rings is 1. The van der Waals surface area contributed by atoms with E-state index in [9.17, 15) is 24.5 Å². The first-order chi connectivity index (χ1) is 18.9. The van der Waals surface area contributed by atoms with E-state index in [2.05, 4.69) is 20.1 Å². The fraction of sp³-hybridized carbons (Fsp3) is 0.385. The molecule has 3 aromatic rings. The Morgan fingerprint density at radius 3 is 2.67 bits per heavy atom. The van der Waals surface area contributed by atoms with E-state index in [0.717, 1.165) is 44.5 Å². The predicted octanol–water partition coefficient (Wildman–Crippen LogP) is 5.54. The molecule has 0 atom stereocenters. The molecule has 2 amide bonds. The molecule has 0 spiro atoms. The van der Waals surface area contributed by atoms with Crippen LogP contribution in [-0.2, 0) is 25.6 Å². The zero-order chi connectivity index (χ0) is 27.4. The molecule has 0 aliphatic carbocycles. The number of nitrogens with zero attached hydrogens (tertiary/aromatic N) is 6. The maximum Gasteiger partial charge on any atom is 0.333 e. The Labute approximate surface area is 227 Å². The molecule has 3 heterocycles. The molecule has 0 unspecified atom stereocenters. The summed E-state index contributed by atoms with van der Waals surface area (Å²) in [5, 5.41) is 20.6. The number of hydrogen-bond acceptors (Lipinski definition) is 11. The number of aromatic nitrogens is 1. The molecule has 13 heteroatoms. The standard InChI is InChI=1S/C26H26N6O6S/c33-23-11-12-24(34)31(23)38-25(35)6-2-1-3-13-30-14-4-5-17-15-18(7-10-21(17)30)28-29-26-27-20-9-8-19(32(36)37)16-22(20)39-26/h7-10,15-16H,1-6,11-14H2. The summed E-state index contributed by atoms with van der Waals surface area (Å²) in [5.41, 5.74) is 3.74. The van der Waals surface area contributed by atoms with Crippen molar-refractivity contribution in [1.29, 1.82) is 0 Å². The third-order valence-electron chi connectivity index (χ3n) is 6.61. The van der Waals surface area contributed by atoms with Crippen LogP contribution in [0.25, 0.3) is 10.2 Å². The van der Waals surface area contributed by atoms with Crippen molar-refractivity contribution in [3.63, 3.8) is 0 Å². The normalized spacial score (nSPS) is 15.4. The van der Waals surface area contributed by atoms with E-state index in [4.69, 9.17) is 4.84 Å². The number of hydrogen-bond donors (Lipinski definition) is 0. The molecule has 2 aliphatic heterocycles. The fourth-order valence-electron chi connectivity index (χ4n) is 4.67. The summed E-state index contributed by atoms with van der Waals surface area (Å²) in [6.45, 7) is 1.80. The highest BCUT2D eigenvalue weighted by molar-refractivity contribution is 7.21. The third kappa shape index (κ3) is 6.25. The number of imide groups is 1. The molecule has 1 aromatic heterocycles. The number of amides is 2. The van der Waals surface area contributed by atoms with Gasteiger partial charge in [0.2, 0.25) is 5.13 Å². The number of unbranched alkanes of at least 4 members (excludes halogenated alkanes) is 2. The van der Waals surface area contributed by atoms with E-state index in [1.165, 1.54) is 29.0 Å². The van der Waals surface area contributed by atoms with E-state index in [1.807, 2.05) is 18.2 Å². The number of carbonyl (C=O) groups excluding carboxylic acids is 3. The van der Waals surface area contributed by atoms with Crippen molar-refractivity contribution in [2.45, 2.75) is 51.4 Å². The summed E-state index contributed by atoms with van der Waals surface area (Å²) in [4.78, 5) is 57.2. The first kappa shape index (κ1) is 26.4. The van der Waals surface area contributed by atoms with Gasteiger partial charge in [0.05, 0.1) is 20.8 Å². The molecule has 2 aliphatic rings. The van der Waals surface area contributed by atoms with Crippen LogP contribution in [0, 0.1) is 10.1 Å². The molecule has 2 aromatic carbocycles. The Morgan fingerprint density at radius 1 is 1.05 bits per heavy atom. The average Bonchev–Trinajstić information content (AvgIpc) is 3.48. The van der Waals surface area contributed by atoms with Crippen molar-refractivity contribution in [3.8, 4) is 0 Å². The molecule has 0 bridgehead atoms. The van der Waals surface area contributed by atoms with Gasteiger partial charge in [-0.15, -0.1) is 15.3 Å². The predicted molar refractivity (Wildman–Crippen MR) is 143 cm³/mol. The van der Waals surface area contributed by atoms with Crippen molar-refractivity contribution in [3.05, 3.63) is 52.1 Å². The minimum atomic E-state index is -0.559. The van der Waals surface area contributed by atoms with E-state index in [-0.39, 0.29) is 24.9 Å². The second kappa shape index (κ2) is 11.6. The van der Waals surface area contributed by atoms with Crippen LogP contribution in [0.2, 0.25) is 0 Å². The molecule has 0 saturated carbocycles. The lowest BCUT2D eigenvalue weighted by Crippen LogP contribution is -2.32. The van der Waals surface area contributed by atoms with Crippen LogP contribution < -0.4 is 4.90 Å². The van der Waals surface area contributed by atoms with Crippen LogP contribution in [0.1, 0.15) is 50.5 Å². The average molecular weight is 551 g/mol. The molecular weight excluding hydrogens is 524 g/mol. The Kier molecular flexibility index (Phi) is 7.87. The van der Waals surface area contributed by atoms with Gasteiger partial charge in [0.1, 0.15) is 0 Å². The van der Waals surface area contributed by atoms with Gasteiger partial charge in [0.25, 0.3) is 17.5 Å². The molecule has 39 heavy (non-hydrogen) atoms. The molecular formula is C26H26N6O6S. The number of benzene rings is 2. The van der Waals surface area contributed by atoms with Crippen molar-refractivity contribution in [2.24, 2.45) is 10.2 Å². The number of rotatable bonds is 10. The largest absolute Gasteiger partial charge is 0.371 e. The highest BCUT2D eigenvalue weighted by Gasteiger charge is 2.32. The summed E-state index contributed by atoms with van der Waals surface area (Å²) in [6.07, 6.45) is 4.64. The van der Waals surface area contributed by atoms with E-state index in [0.29, 0.717) is 32.5 Å². The van der Waals surface area contributed by atoms with Crippen LogP contribution in [0.4, 0.5) is 22.2 Å². The quantitative estimate of drug-likeness (QED) is 0.105. The lowest BCUT2D eigenvalue weighted by atomic mass is 10.0. The van der Waals surface area contributed by atoms with Gasteiger partial charge in [-0.1, -0.05) is 17.8 Å². The summed E-state index contributed by atoms with van der Waals surface area (Å²) in [6, 6.07) is 10.5. The SMILES string of the molecule is O=C(CCCCCN1CCCc2cc(N=Nc3nc4ccc([N+](=O)[O-])cc4s3)ccc21)ON1C(=O)CCC1=O. The van der Waals surface area contributed by atoms with Gasteiger partial charge in [-0.2, -0.15) is 0 Å². The second-order valence-electron chi connectivity index (χ2n) is 9.37. The van der Waals surface area contributed by atoms with Crippen molar-refractivity contribution < 1.29 is 24.1 Å². The van der Waals surface area contributed by atoms with Gasteiger partial charge in [0.15, 0.2) is 0 Å². The highest BCUT2D eigenvalue weighted by Crippen LogP contribution is 2.34. The highest BCUT2D eigenvalue weighted by atomic mass is 32.1. The van der Waals surface area contributed by atoms with Crippen LogP contribution in [-0.4, -0.2) is 45.8 Å². The summed E-state index contributed by atoms with van der Waals surface area (Å²) >= 11 is 1.25. The molecule has 202 valence electrons. The Balaban J connectivity index is 1.12. The van der Waals surface area contributed by atoms with Crippen molar-refractivity contribution in [1.82, 2.24) is 10.0 Å². The number of nitro benzene ring substituents is 1. The molecule has 5 rings (SSSR count). The fourth-order valence-corrected chi connectivity index (χ4v) is 5.49. The molecule has 12 nitrogen and oxygen atoms in total. The van der Waals surface area contributed by atoms with Gasteiger partial charge in [-0.25, -0.2) is 9.78 Å². The van der Waals surface area contributed by atoms with Crippen LogP contribution in [0.3, 0.4) is 0 Å². The molecule has 0 N–H and O–H groups in total. The topological polar surface area (TPSA) is 148 Å². The maximum absolute atomic E-state index is 12.0.